The molecule has 0 saturated heterocycles. The number of aromatic hydroxyl groups is 1. The first-order valence-corrected chi connectivity index (χ1v) is 6.67. The van der Waals surface area contributed by atoms with E-state index in [9.17, 15) is 5.11 Å². The van der Waals surface area contributed by atoms with Gasteiger partial charge in [-0.25, -0.2) is 0 Å². The summed E-state index contributed by atoms with van der Waals surface area (Å²) < 4.78 is 0. The van der Waals surface area contributed by atoms with Gasteiger partial charge in [-0.05, 0) is 62.1 Å². The highest BCUT2D eigenvalue weighted by Gasteiger charge is 2.06. The molecule has 2 nitrogen and oxygen atoms in total. The van der Waals surface area contributed by atoms with Crippen LogP contribution in [0.3, 0.4) is 0 Å². The topological polar surface area (TPSA) is 32.3 Å². The summed E-state index contributed by atoms with van der Waals surface area (Å²) >= 11 is 0. The molecule has 1 atom stereocenters. The van der Waals surface area contributed by atoms with Crippen molar-refractivity contribution in [2.24, 2.45) is 0 Å². The van der Waals surface area contributed by atoms with Gasteiger partial charge in [0.1, 0.15) is 5.75 Å². The molecule has 0 aliphatic rings. The molecule has 0 aromatic heterocycles. The quantitative estimate of drug-likeness (QED) is 0.863. The molecule has 0 aliphatic carbocycles. The Morgan fingerprint density at radius 3 is 2.42 bits per heavy atom. The van der Waals surface area contributed by atoms with Crippen LogP contribution in [-0.2, 0) is 6.42 Å². The Hall–Kier alpha value is -1.96. The standard InChI is InChI=1S/C17H21NO/c1-12-5-4-6-17(14(12)3)18-13(2)11-15-7-9-16(19)10-8-15/h4-10,13,18-19H,11H2,1-3H3. The third kappa shape index (κ3) is 3.50. The molecule has 0 aliphatic heterocycles. The molecule has 0 bridgehead atoms. The average molecular weight is 255 g/mol. The van der Waals surface area contributed by atoms with E-state index in [1.54, 1.807) is 12.1 Å². The van der Waals surface area contributed by atoms with Gasteiger partial charge in [0.25, 0.3) is 0 Å². The van der Waals surface area contributed by atoms with Gasteiger partial charge in [0.15, 0.2) is 0 Å². The largest absolute Gasteiger partial charge is 0.508 e. The van der Waals surface area contributed by atoms with E-state index in [1.807, 2.05) is 12.1 Å². The molecule has 0 amide bonds. The number of phenolic OH excluding ortho intramolecular Hbond substituents is 1. The summed E-state index contributed by atoms with van der Waals surface area (Å²) in [5, 5.41) is 12.8. The molecule has 1 unspecified atom stereocenters. The first-order valence-electron chi connectivity index (χ1n) is 6.67. The Bertz CT molecular complexity index is 546. The van der Waals surface area contributed by atoms with Crippen LogP contribution >= 0.6 is 0 Å². The van der Waals surface area contributed by atoms with Gasteiger partial charge in [-0.3, -0.25) is 0 Å². The number of phenols is 1. The monoisotopic (exact) mass is 255 g/mol. The van der Waals surface area contributed by atoms with Crippen LogP contribution in [0.15, 0.2) is 42.5 Å². The number of benzene rings is 2. The van der Waals surface area contributed by atoms with Crippen LogP contribution in [0.25, 0.3) is 0 Å². The number of nitrogens with one attached hydrogen (secondary N) is 1. The molecule has 2 N–H and O–H groups in total. The lowest BCUT2D eigenvalue weighted by atomic mass is 10.0. The summed E-state index contributed by atoms with van der Waals surface area (Å²) in [6, 6.07) is 14.1. The summed E-state index contributed by atoms with van der Waals surface area (Å²) in [5.41, 5.74) is 5.04. The molecular weight excluding hydrogens is 234 g/mol. The lowest BCUT2D eigenvalue weighted by Gasteiger charge is -2.18. The van der Waals surface area contributed by atoms with Crippen molar-refractivity contribution >= 4 is 5.69 Å². The molecule has 100 valence electrons. The molecule has 2 aromatic rings. The van der Waals surface area contributed by atoms with Crippen molar-refractivity contribution in [3.63, 3.8) is 0 Å². The van der Waals surface area contributed by atoms with Gasteiger partial charge >= 0.3 is 0 Å². The zero-order chi connectivity index (χ0) is 13.8. The summed E-state index contributed by atoms with van der Waals surface area (Å²) in [6.45, 7) is 6.45. The van der Waals surface area contributed by atoms with Crippen LogP contribution in [0, 0.1) is 13.8 Å². The maximum Gasteiger partial charge on any atom is 0.115 e. The lowest BCUT2D eigenvalue weighted by molar-refractivity contribution is 0.475. The minimum atomic E-state index is 0.318. The minimum Gasteiger partial charge on any atom is -0.508 e. The van der Waals surface area contributed by atoms with Crippen LogP contribution < -0.4 is 5.32 Å². The zero-order valence-electron chi connectivity index (χ0n) is 11.8. The Labute approximate surface area is 115 Å². The smallest absolute Gasteiger partial charge is 0.115 e. The number of rotatable bonds is 4. The minimum absolute atomic E-state index is 0.318. The van der Waals surface area contributed by atoms with Crippen LogP contribution in [0.5, 0.6) is 5.75 Å². The maximum absolute atomic E-state index is 9.28. The third-order valence-corrected chi connectivity index (χ3v) is 3.48. The lowest BCUT2D eigenvalue weighted by Crippen LogP contribution is -2.18. The van der Waals surface area contributed by atoms with Crippen LogP contribution in [0.4, 0.5) is 5.69 Å². The molecule has 19 heavy (non-hydrogen) atoms. The summed E-state index contributed by atoms with van der Waals surface area (Å²) in [5.74, 6) is 0.318. The van der Waals surface area contributed by atoms with E-state index in [4.69, 9.17) is 0 Å². The van der Waals surface area contributed by atoms with E-state index >= 15 is 0 Å². The van der Waals surface area contributed by atoms with Crippen LogP contribution in [0.1, 0.15) is 23.6 Å². The van der Waals surface area contributed by atoms with Crippen LogP contribution in [0.2, 0.25) is 0 Å². The van der Waals surface area contributed by atoms with Gasteiger partial charge in [0.05, 0.1) is 0 Å². The molecule has 0 saturated carbocycles. The first kappa shape index (κ1) is 13.5. The molecule has 0 spiro atoms. The van der Waals surface area contributed by atoms with Crippen molar-refractivity contribution in [2.75, 3.05) is 5.32 Å². The third-order valence-electron chi connectivity index (χ3n) is 3.48. The molecule has 2 aromatic carbocycles. The first-order chi connectivity index (χ1) is 9.06. The van der Waals surface area contributed by atoms with Crippen LogP contribution in [-0.4, -0.2) is 11.1 Å². The van der Waals surface area contributed by atoms with Gasteiger partial charge in [-0.15, -0.1) is 0 Å². The molecule has 0 fully saturated rings. The zero-order valence-corrected chi connectivity index (χ0v) is 11.8. The predicted octanol–water partition coefficient (Wildman–Crippen LogP) is 4.05. The Balaban J connectivity index is 2.03. The van der Waals surface area contributed by atoms with Gasteiger partial charge in [-0.1, -0.05) is 24.3 Å². The second-order valence-corrected chi connectivity index (χ2v) is 5.16. The van der Waals surface area contributed by atoms with Crippen molar-refractivity contribution in [3.8, 4) is 5.75 Å². The van der Waals surface area contributed by atoms with Gasteiger partial charge < -0.3 is 10.4 Å². The molecule has 2 rings (SSSR count). The van der Waals surface area contributed by atoms with Crippen molar-refractivity contribution in [1.29, 1.82) is 0 Å². The van der Waals surface area contributed by atoms with Crippen molar-refractivity contribution in [1.82, 2.24) is 0 Å². The van der Waals surface area contributed by atoms with E-state index < -0.39 is 0 Å². The van der Waals surface area contributed by atoms with Gasteiger partial charge in [0, 0.05) is 11.7 Å². The SMILES string of the molecule is Cc1cccc(NC(C)Cc2ccc(O)cc2)c1C. The van der Waals surface area contributed by atoms with Crippen molar-refractivity contribution in [3.05, 3.63) is 59.2 Å². The molecule has 2 heteroatoms. The van der Waals surface area contributed by atoms with E-state index in [1.165, 1.54) is 22.4 Å². The van der Waals surface area contributed by atoms with Gasteiger partial charge in [-0.2, -0.15) is 0 Å². The normalized spacial score (nSPS) is 12.2. The van der Waals surface area contributed by atoms with E-state index in [0.717, 1.165) is 6.42 Å². The number of hydrogen-bond donors (Lipinski definition) is 2. The number of hydrogen-bond acceptors (Lipinski definition) is 2. The summed E-state index contributed by atoms with van der Waals surface area (Å²) in [6.07, 6.45) is 0.938. The van der Waals surface area contributed by atoms with Crippen molar-refractivity contribution < 1.29 is 5.11 Å². The van der Waals surface area contributed by atoms with E-state index in [2.05, 4.69) is 44.3 Å². The van der Waals surface area contributed by atoms with E-state index in [0.29, 0.717) is 11.8 Å². The second-order valence-electron chi connectivity index (χ2n) is 5.16. The maximum atomic E-state index is 9.28. The fraction of sp³-hybridized carbons (Fsp3) is 0.294. The van der Waals surface area contributed by atoms with E-state index in [-0.39, 0.29) is 0 Å². The summed E-state index contributed by atoms with van der Waals surface area (Å²) in [7, 11) is 0. The number of aryl methyl sites for hydroxylation is 1. The Morgan fingerprint density at radius 1 is 1.05 bits per heavy atom. The second kappa shape index (κ2) is 5.79. The molecule has 0 radical (unpaired) electrons. The Morgan fingerprint density at radius 2 is 1.74 bits per heavy atom. The average Bonchev–Trinajstić information content (AvgIpc) is 2.38. The summed E-state index contributed by atoms with van der Waals surface area (Å²) in [4.78, 5) is 0. The molecule has 0 heterocycles. The highest BCUT2D eigenvalue weighted by molar-refractivity contribution is 5.54. The highest BCUT2D eigenvalue weighted by Crippen LogP contribution is 2.20. The van der Waals surface area contributed by atoms with Gasteiger partial charge in [0.2, 0.25) is 0 Å². The molecular formula is C17H21NO. The highest BCUT2D eigenvalue weighted by atomic mass is 16.3. The fourth-order valence-corrected chi connectivity index (χ4v) is 2.21. The number of anilines is 1. The fourth-order valence-electron chi connectivity index (χ4n) is 2.21. The Kier molecular flexibility index (Phi) is 4.10. The van der Waals surface area contributed by atoms with Crippen molar-refractivity contribution in [2.45, 2.75) is 33.2 Å². The predicted molar refractivity (Wildman–Crippen MR) is 80.8 cm³/mol.